The van der Waals surface area contributed by atoms with Crippen molar-refractivity contribution in [2.24, 2.45) is 11.7 Å². The lowest BCUT2D eigenvalue weighted by Gasteiger charge is -2.22. The van der Waals surface area contributed by atoms with Crippen LogP contribution in [0.1, 0.15) is 42.1 Å². The highest BCUT2D eigenvalue weighted by Crippen LogP contribution is 2.33. The highest BCUT2D eigenvalue weighted by Gasteiger charge is 2.28. The van der Waals surface area contributed by atoms with Gasteiger partial charge in [0.2, 0.25) is 5.91 Å². The minimum Gasteiger partial charge on any atom is -0.349 e. The lowest BCUT2D eigenvalue weighted by molar-refractivity contribution is -0.125. The summed E-state index contributed by atoms with van der Waals surface area (Å²) in [4.78, 5) is 12.6. The van der Waals surface area contributed by atoms with Crippen molar-refractivity contribution in [3.8, 4) is 0 Å². The van der Waals surface area contributed by atoms with Crippen molar-refractivity contribution >= 4 is 17.5 Å². The van der Waals surface area contributed by atoms with Gasteiger partial charge < -0.3 is 11.1 Å². The Labute approximate surface area is 141 Å². The zero-order chi connectivity index (χ0) is 16.4. The van der Waals surface area contributed by atoms with E-state index in [2.05, 4.69) is 5.32 Å². The first-order valence-corrected chi connectivity index (χ1v) is 8.33. The molecule has 0 fully saturated rings. The molecule has 0 aliphatic heterocycles. The van der Waals surface area contributed by atoms with Crippen LogP contribution in [0.4, 0.5) is 0 Å². The summed E-state index contributed by atoms with van der Waals surface area (Å²) in [5.74, 6) is -0.289. The third kappa shape index (κ3) is 3.41. The molecule has 120 valence electrons. The number of carbonyl (C=O) groups excluding carboxylic acids is 1. The molecular weight excluding hydrogens is 308 g/mol. The molecule has 1 amide bonds. The lowest BCUT2D eigenvalue weighted by Crippen LogP contribution is -2.37. The predicted molar refractivity (Wildman–Crippen MR) is 93.2 cm³/mol. The first kappa shape index (κ1) is 16.0. The Bertz CT molecular complexity index is 702. The molecule has 3 N–H and O–H groups in total. The normalized spacial score (nSPS) is 19.0. The maximum atomic E-state index is 12.6. The van der Waals surface area contributed by atoms with Crippen LogP contribution in [0, 0.1) is 5.92 Å². The maximum Gasteiger partial charge on any atom is 0.225 e. The molecule has 4 heteroatoms. The van der Waals surface area contributed by atoms with Gasteiger partial charge in [-0.15, -0.1) is 0 Å². The number of hydrogen-bond donors (Lipinski definition) is 2. The van der Waals surface area contributed by atoms with Gasteiger partial charge in [-0.2, -0.15) is 0 Å². The molecule has 2 aromatic rings. The first-order chi connectivity index (χ1) is 11.1. The monoisotopic (exact) mass is 328 g/mol. The fraction of sp³-hybridized carbons (Fsp3) is 0.316. The highest BCUT2D eigenvalue weighted by atomic mass is 35.5. The minimum absolute atomic E-state index is 0.00541. The number of halogens is 1. The smallest absolute Gasteiger partial charge is 0.225 e. The molecule has 3 unspecified atom stereocenters. The van der Waals surface area contributed by atoms with Gasteiger partial charge in [-0.25, -0.2) is 0 Å². The van der Waals surface area contributed by atoms with Gasteiger partial charge in [0, 0.05) is 11.1 Å². The summed E-state index contributed by atoms with van der Waals surface area (Å²) in [5.41, 5.74) is 9.62. The number of carbonyl (C=O) groups is 1. The first-order valence-electron chi connectivity index (χ1n) is 7.95. The van der Waals surface area contributed by atoms with Crippen molar-refractivity contribution in [1.29, 1.82) is 0 Å². The predicted octanol–water partition coefficient (Wildman–Crippen LogP) is 3.78. The number of hydrogen-bond acceptors (Lipinski definition) is 2. The second-order valence-corrected chi connectivity index (χ2v) is 6.60. The van der Waals surface area contributed by atoms with Gasteiger partial charge in [-0.3, -0.25) is 4.79 Å². The molecule has 3 atom stereocenters. The summed E-state index contributed by atoms with van der Waals surface area (Å²) in [7, 11) is 0. The zero-order valence-corrected chi connectivity index (χ0v) is 13.9. The molecule has 0 saturated carbocycles. The Balaban J connectivity index is 1.68. The van der Waals surface area contributed by atoms with E-state index in [1.165, 1.54) is 11.1 Å². The number of nitrogens with one attached hydrogen (secondary N) is 1. The lowest BCUT2D eigenvalue weighted by atomic mass is 9.94. The van der Waals surface area contributed by atoms with E-state index in [-0.39, 0.29) is 23.9 Å². The zero-order valence-electron chi connectivity index (χ0n) is 13.1. The molecule has 0 bridgehead atoms. The molecule has 0 saturated heterocycles. The van der Waals surface area contributed by atoms with E-state index in [1.54, 1.807) is 0 Å². The van der Waals surface area contributed by atoms with E-state index in [0.717, 1.165) is 23.4 Å². The van der Waals surface area contributed by atoms with E-state index in [9.17, 15) is 4.79 Å². The summed E-state index contributed by atoms with van der Waals surface area (Å²) in [6, 6.07) is 15.4. The summed E-state index contributed by atoms with van der Waals surface area (Å²) in [5, 5.41) is 3.89. The van der Waals surface area contributed by atoms with Gasteiger partial charge in [0.25, 0.3) is 0 Å². The van der Waals surface area contributed by atoms with Gasteiger partial charge in [-0.05, 0) is 41.7 Å². The highest BCUT2D eigenvalue weighted by molar-refractivity contribution is 6.30. The second kappa shape index (κ2) is 6.73. The number of rotatable bonds is 4. The summed E-state index contributed by atoms with van der Waals surface area (Å²) < 4.78 is 0. The average Bonchev–Trinajstić information content (AvgIpc) is 2.96. The van der Waals surface area contributed by atoms with E-state index in [4.69, 9.17) is 17.3 Å². The van der Waals surface area contributed by atoms with Crippen LogP contribution < -0.4 is 11.1 Å². The van der Waals surface area contributed by atoms with Gasteiger partial charge >= 0.3 is 0 Å². The fourth-order valence-corrected chi connectivity index (χ4v) is 3.36. The SMILES string of the molecule is CC(C(=O)NC1CCc2cc(Cl)ccc21)C(N)c1ccccc1. The second-order valence-electron chi connectivity index (χ2n) is 6.17. The molecule has 1 aliphatic rings. The Morgan fingerprint density at radius 2 is 2.00 bits per heavy atom. The van der Waals surface area contributed by atoms with Crippen molar-refractivity contribution in [2.45, 2.75) is 31.8 Å². The van der Waals surface area contributed by atoms with E-state index in [0.29, 0.717) is 0 Å². The molecule has 3 nitrogen and oxygen atoms in total. The summed E-state index contributed by atoms with van der Waals surface area (Å²) >= 11 is 6.03. The maximum absolute atomic E-state index is 12.6. The van der Waals surface area contributed by atoms with Crippen LogP contribution in [0.15, 0.2) is 48.5 Å². The fourth-order valence-electron chi connectivity index (χ4n) is 3.17. The Hall–Kier alpha value is -1.84. The minimum atomic E-state index is -0.303. The Kier molecular flexibility index (Phi) is 4.69. The third-order valence-electron chi connectivity index (χ3n) is 4.64. The van der Waals surface area contributed by atoms with Gasteiger partial charge in [0.1, 0.15) is 0 Å². The molecule has 3 rings (SSSR count). The molecule has 23 heavy (non-hydrogen) atoms. The van der Waals surface area contributed by atoms with Gasteiger partial charge in [0.15, 0.2) is 0 Å². The summed E-state index contributed by atoms with van der Waals surface area (Å²) in [6.07, 6.45) is 1.86. The largest absolute Gasteiger partial charge is 0.349 e. The number of benzene rings is 2. The number of aryl methyl sites for hydroxylation is 1. The molecular formula is C19H21ClN2O. The van der Waals surface area contributed by atoms with Crippen molar-refractivity contribution in [3.63, 3.8) is 0 Å². The number of amides is 1. The van der Waals surface area contributed by atoms with E-state index < -0.39 is 0 Å². The van der Waals surface area contributed by atoms with Crippen LogP contribution in [-0.2, 0) is 11.2 Å². The number of nitrogens with two attached hydrogens (primary N) is 1. The van der Waals surface area contributed by atoms with Crippen LogP contribution in [0.3, 0.4) is 0 Å². The molecule has 0 spiro atoms. The molecule has 2 aromatic carbocycles. The average molecular weight is 329 g/mol. The van der Waals surface area contributed by atoms with Crippen LogP contribution in [0.25, 0.3) is 0 Å². The molecule has 0 heterocycles. The standard InChI is InChI=1S/C19H21ClN2O/c1-12(18(21)13-5-3-2-4-6-13)19(23)22-17-10-7-14-11-15(20)8-9-16(14)17/h2-6,8-9,11-12,17-18H,7,10,21H2,1H3,(H,22,23). The van der Waals surface area contributed by atoms with Crippen LogP contribution in [0.2, 0.25) is 5.02 Å². The quantitative estimate of drug-likeness (QED) is 0.897. The van der Waals surface area contributed by atoms with Crippen molar-refractivity contribution in [2.75, 3.05) is 0 Å². The Morgan fingerprint density at radius 1 is 1.26 bits per heavy atom. The van der Waals surface area contributed by atoms with Crippen LogP contribution >= 0.6 is 11.6 Å². The topological polar surface area (TPSA) is 55.1 Å². The van der Waals surface area contributed by atoms with Crippen molar-refractivity contribution < 1.29 is 4.79 Å². The Morgan fingerprint density at radius 3 is 2.74 bits per heavy atom. The molecule has 0 radical (unpaired) electrons. The number of fused-ring (bicyclic) bond motifs is 1. The van der Waals surface area contributed by atoms with Crippen molar-refractivity contribution in [3.05, 3.63) is 70.2 Å². The van der Waals surface area contributed by atoms with Gasteiger partial charge in [0.05, 0.1) is 12.0 Å². The molecule has 0 aromatic heterocycles. The summed E-state index contributed by atoms with van der Waals surface area (Å²) in [6.45, 7) is 1.88. The van der Waals surface area contributed by atoms with Crippen LogP contribution in [-0.4, -0.2) is 5.91 Å². The third-order valence-corrected chi connectivity index (χ3v) is 4.87. The van der Waals surface area contributed by atoms with Crippen LogP contribution in [0.5, 0.6) is 0 Å². The van der Waals surface area contributed by atoms with Crippen molar-refractivity contribution in [1.82, 2.24) is 5.32 Å². The van der Waals surface area contributed by atoms with Gasteiger partial charge in [-0.1, -0.05) is 54.9 Å². The van der Waals surface area contributed by atoms with E-state index >= 15 is 0 Å². The molecule has 1 aliphatic carbocycles. The van der Waals surface area contributed by atoms with E-state index in [1.807, 2.05) is 55.5 Å².